The highest BCUT2D eigenvalue weighted by Crippen LogP contribution is 2.39. The number of hydrogen-bond donors (Lipinski definition) is 2. The highest BCUT2D eigenvalue weighted by Gasteiger charge is 2.36. The summed E-state index contributed by atoms with van der Waals surface area (Å²) in [5.41, 5.74) is -1.10. The normalized spacial score (nSPS) is 20.1. The summed E-state index contributed by atoms with van der Waals surface area (Å²) >= 11 is 6.78. The topological polar surface area (TPSA) is 107 Å². The highest BCUT2D eigenvalue weighted by molar-refractivity contribution is 6.34. The van der Waals surface area contributed by atoms with Gasteiger partial charge in [-0.25, -0.2) is 9.97 Å². The first-order valence-electron chi connectivity index (χ1n) is 13.5. The molecule has 2 unspecified atom stereocenters. The summed E-state index contributed by atoms with van der Waals surface area (Å²) in [6.45, 7) is 7.83. The molecule has 2 saturated heterocycles. The zero-order valence-electron chi connectivity index (χ0n) is 23.3. The van der Waals surface area contributed by atoms with E-state index in [4.69, 9.17) is 16.3 Å². The van der Waals surface area contributed by atoms with Crippen molar-refractivity contribution < 1.29 is 22.7 Å². The molecular formula is C28H31ClF3N7O3. The molecule has 3 aromatic rings. The van der Waals surface area contributed by atoms with Crippen LogP contribution in [-0.4, -0.2) is 84.3 Å². The molecule has 14 heteroatoms. The zero-order chi connectivity index (χ0) is 30.2. The number of amides is 1. The number of ether oxygens (including phenoxy) is 1. The van der Waals surface area contributed by atoms with Gasteiger partial charge in [-0.2, -0.15) is 13.2 Å². The van der Waals surface area contributed by atoms with E-state index in [0.29, 0.717) is 73.2 Å². The molecule has 0 aliphatic carbocycles. The Morgan fingerprint density at radius 3 is 2.33 bits per heavy atom. The number of hydrogen-bond acceptors (Lipinski definition) is 8. The SMILES string of the molecule is CC1CN(c2cc(Cl)c(-c3cnc(N4CCOCC4)nc3)cc2NC(=O)c2c[nH]c(=O)cc2C(F)(F)F)CC(C)N1C. The Hall–Kier alpha value is -3.68. The number of alkyl halides is 3. The van der Waals surface area contributed by atoms with Crippen LogP contribution < -0.4 is 20.7 Å². The number of pyridine rings is 1. The van der Waals surface area contributed by atoms with Crippen LogP contribution in [0.3, 0.4) is 0 Å². The number of likely N-dealkylation sites (N-methyl/N-ethyl adjacent to an activating group) is 1. The van der Waals surface area contributed by atoms with Crippen molar-refractivity contribution in [2.24, 2.45) is 0 Å². The van der Waals surface area contributed by atoms with E-state index in [2.05, 4.69) is 43.9 Å². The maximum Gasteiger partial charge on any atom is 0.417 e. The molecule has 224 valence electrons. The van der Waals surface area contributed by atoms with E-state index in [1.165, 1.54) is 0 Å². The van der Waals surface area contributed by atoms with E-state index in [1.807, 2.05) is 11.9 Å². The standard InChI is InChI=1S/C28H31ClF3N7O3/c1-16-14-39(15-17(2)37(16)3)24-10-22(29)19(18-11-34-27(35-12-18)38-4-6-42-7-5-38)8-23(24)36-26(41)20-13-33-25(40)9-21(20)28(30,31)32/h8-13,16-17H,4-7,14-15H2,1-3H3,(H,33,40)(H,36,41). The Labute approximate surface area is 245 Å². The Bertz CT molecular complexity index is 1500. The number of morpholine rings is 1. The third-order valence-electron chi connectivity index (χ3n) is 7.75. The Morgan fingerprint density at radius 2 is 1.71 bits per heavy atom. The summed E-state index contributed by atoms with van der Waals surface area (Å²) in [6.07, 6.45) is -0.895. The first kappa shape index (κ1) is 29.8. The van der Waals surface area contributed by atoms with Crippen molar-refractivity contribution in [3.63, 3.8) is 0 Å². The minimum absolute atomic E-state index is 0.160. The van der Waals surface area contributed by atoms with E-state index in [1.54, 1.807) is 24.5 Å². The second kappa shape index (κ2) is 11.9. The van der Waals surface area contributed by atoms with Crippen molar-refractivity contribution in [3.05, 3.63) is 63.3 Å². The molecule has 42 heavy (non-hydrogen) atoms. The lowest BCUT2D eigenvalue weighted by atomic mass is 10.0. The van der Waals surface area contributed by atoms with E-state index in [-0.39, 0.29) is 17.8 Å². The highest BCUT2D eigenvalue weighted by atomic mass is 35.5. The van der Waals surface area contributed by atoms with E-state index < -0.39 is 28.8 Å². The lowest BCUT2D eigenvalue weighted by molar-refractivity contribution is -0.138. The van der Waals surface area contributed by atoms with Crippen molar-refractivity contribution in [2.75, 3.05) is 61.6 Å². The molecule has 0 bridgehead atoms. The van der Waals surface area contributed by atoms with Gasteiger partial charge in [-0.15, -0.1) is 0 Å². The molecule has 0 saturated carbocycles. The van der Waals surface area contributed by atoms with Gasteiger partial charge in [0.05, 0.1) is 40.7 Å². The van der Waals surface area contributed by atoms with Gasteiger partial charge in [0.1, 0.15) is 0 Å². The van der Waals surface area contributed by atoms with Crippen LogP contribution in [0.4, 0.5) is 30.5 Å². The van der Waals surface area contributed by atoms with Gasteiger partial charge in [0.15, 0.2) is 0 Å². The zero-order valence-corrected chi connectivity index (χ0v) is 24.1. The number of benzene rings is 1. The molecule has 2 aliphatic rings. The van der Waals surface area contributed by atoms with Crippen LogP contribution in [0, 0.1) is 0 Å². The molecule has 4 heterocycles. The Kier molecular flexibility index (Phi) is 8.44. The van der Waals surface area contributed by atoms with Crippen LogP contribution in [0.5, 0.6) is 0 Å². The van der Waals surface area contributed by atoms with Crippen molar-refractivity contribution in [1.29, 1.82) is 0 Å². The van der Waals surface area contributed by atoms with Crippen LogP contribution in [0.1, 0.15) is 29.8 Å². The largest absolute Gasteiger partial charge is 0.417 e. The number of halogens is 4. The van der Waals surface area contributed by atoms with Crippen molar-refractivity contribution in [1.82, 2.24) is 19.9 Å². The minimum Gasteiger partial charge on any atom is -0.378 e. The Balaban J connectivity index is 1.54. The summed E-state index contributed by atoms with van der Waals surface area (Å²) in [6, 6.07) is 4.01. The van der Waals surface area contributed by atoms with Crippen LogP contribution in [0.2, 0.25) is 5.02 Å². The van der Waals surface area contributed by atoms with Crippen molar-refractivity contribution in [3.8, 4) is 11.1 Å². The second-order valence-corrected chi connectivity index (χ2v) is 11.0. The first-order chi connectivity index (χ1) is 19.9. The first-order valence-corrected chi connectivity index (χ1v) is 13.9. The number of aromatic nitrogens is 3. The van der Waals surface area contributed by atoms with Crippen LogP contribution >= 0.6 is 11.6 Å². The summed E-state index contributed by atoms with van der Waals surface area (Å²) < 4.78 is 46.6. The van der Waals surface area contributed by atoms with E-state index in [0.717, 1.165) is 6.20 Å². The van der Waals surface area contributed by atoms with Gasteiger partial charge < -0.3 is 24.8 Å². The molecule has 2 fully saturated rings. The monoisotopic (exact) mass is 605 g/mol. The molecule has 2 N–H and O–H groups in total. The number of nitrogens with zero attached hydrogens (tertiary/aromatic N) is 5. The quantitative estimate of drug-likeness (QED) is 0.447. The van der Waals surface area contributed by atoms with Gasteiger partial charge in [-0.3, -0.25) is 14.5 Å². The average Bonchev–Trinajstić information content (AvgIpc) is 2.96. The fourth-order valence-electron chi connectivity index (χ4n) is 5.22. The fourth-order valence-corrected chi connectivity index (χ4v) is 5.48. The number of H-pyrrole nitrogens is 1. The average molecular weight is 606 g/mol. The van der Waals surface area contributed by atoms with Gasteiger partial charge in [0.25, 0.3) is 5.91 Å². The van der Waals surface area contributed by atoms with Crippen molar-refractivity contribution >= 4 is 34.8 Å². The summed E-state index contributed by atoms with van der Waals surface area (Å²) in [7, 11) is 2.03. The molecule has 5 rings (SSSR count). The van der Waals surface area contributed by atoms with Gasteiger partial charge in [0, 0.05) is 74.0 Å². The van der Waals surface area contributed by atoms with E-state index >= 15 is 0 Å². The third kappa shape index (κ3) is 6.22. The molecule has 2 atom stereocenters. The summed E-state index contributed by atoms with van der Waals surface area (Å²) in [5, 5.41) is 3.03. The molecule has 0 spiro atoms. The molecule has 2 aromatic heterocycles. The number of piperazine rings is 1. The number of aromatic amines is 1. The van der Waals surface area contributed by atoms with Gasteiger partial charge >= 0.3 is 6.18 Å². The maximum absolute atomic E-state index is 13.7. The molecule has 1 aromatic carbocycles. The Morgan fingerprint density at radius 1 is 1.07 bits per heavy atom. The molecule has 1 amide bonds. The number of anilines is 3. The molecule has 10 nitrogen and oxygen atoms in total. The predicted molar refractivity (Wildman–Crippen MR) is 154 cm³/mol. The smallest absolute Gasteiger partial charge is 0.378 e. The number of nitrogens with one attached hydrogen (secondary N) is 2. The van der Waals surface area contributed by atoms with Crippen LogP contribution in [0.15, 0.2) is 41.6 Å². The second-order valence-electron chi connectivity index (χ2n) is 10.6. The van der Waals surface area contributed by atoms with Crippen molar-refractivity contribution in [2.45, 2.75) is 32.1 Å². The van der Waals surface area contributed by atoms with Crippen LogP contribution in [0.25, 0.3) is 11.1 Å². The third-order valence-corrected chi connectivity index (χ3v) is 8.06. The summed E-state index contributed by atoms with van der Waals surface area (Å²) in [4.78, 5) is 42.4. The molecule has 2 aliphatic heterocycles. The molecule has 0 radical (unpaired) electrons. The van der Waals surface area contributed by atoms with E-state index in [9.17, 15) is 22.8 Å². The maximum atomic E-state index is 13.7. The van der Waals surface area contributed by atoms with Gasteiger partial charge in [-0.05, 0) is 33.0 Å². The number of rotatable bonds is 5. The van der Waals surface area contributed by atoms with Crippen LogP contribution in [-0.2, 0) is 10.9 Å². The summed E-state index contributed by atoms with van der Waals surface area (Å²) in [5.74, 6) is -0.483. The molecular weight excluding hydrogens is 575 g/mol. The minimum atomic E-state index is -4.91. The number of carbonyl (C=O) groups excluding carboxylic acids is 1. The lowest BCUT2D eigenvalue weighted by Crippen LogP contribution is -2.55. The number of carbonyl (C=O) groups is 1. The predicted octanol–water partition coefficient (Wildman–Crippen LogP) is 4.12. The van der Waals surface area contributed by atoms with Gasteiger partial charge in [0.2, 0.25) is 11.5 Å². The lowest BCUT2D eigenvalue weighted by Gasteiger charge is -2.44. The van der Waals surface area contributed by atoms with Gasteiger partial charge in [-0.1, -0.05) is 11.6 Å². The fraction of sp³-hybridized carbons (Fsp3) is 0.429.